The van der Waals surface area contributed by atoms with Crippen LogP contribution in [0.4, 0.5) is 5.13 Å². The maximum atomic E-state index is 12.7. The van der Waals surface area contributed by atoms with Crippen molar-refractivity contribution in [1.29, 1.82) is 0 Å². The van der Waals surface area contributed by atoms with Crippen LogP contribution in [0.1, 0.15) is 29.4 Å². The maximum absolute atomic E-state index is 12.7. The summed E-state index contributed by atoms with van der Waals surface area (Å²) in [6.07, 6.45) is 3.77. The molecule has 8 heteroatoms. The Bertz CT molecular complexity index is 847. The Morgan fingerprint density at radius 2 is 2.08 bits per heavy atom. The van der Waals surface area contributed by atoms with Gasteiger partial charge in [-0.05, 0) is 30.5 Å². The Balaban J connectivity index is 1.44. The van der Waals surface area contributed by atoms with Gasteiger partial charge in [-0.2, -0.15) is 0 Å². The van der Waals surface area contributed by atoms with Crippen molar-refractivity contribution in [1.82, 2.24) is 15.5 Å². The summed E-state index contributed by atoms with van der Waals surface area (Å²) in [4.78, 5) is 12.7. The van der Waals surface area contributed by atoms with Crippen LogP contribution in [-0.2, 0) is 11.3 Å². The molecule has 1 aliphatic carbocycles. The fourth-order valence-corrected chi connectivity index (χ4v) is 4.36. The maximum Gasteiger partial charge on any atom is 0.238 e. The van der Waals surface area contributed by atoms with Gasteiger partial charge in [0.2, 0.25) is 11.0 Å². The molecular weight excluding hydrogens is 368 g/mol. The van der Waals surface area contributed by atoms with Crippen molar-refractivity contribution in [3.63, 3.8) is 0 Å². The minimum atomic E-state index is -0.331. The van der Waals surface area contributed by atoms with E-state index in [4.69, 9.17) is 4.42 Å². The van der Waals surface area contributed by atoms with Crippen LogP contribution in [0, 0.1) is 0 Å². The van der Waals surface area contributed by atoms with Gasteiger partial charge in [-0.25, -0.2) is 0 Å². The van der Waals surface area contributed by atoms with E-state index in [9.17, 15) is 4.79 Å². The van der Waals surface area contributed by atoms with Gasteiger partial charge in [-0.15, -0.1) is 10.2 Å². The number of amides is 1. The summed E-state index contributed by atoms with van der Waals surface area (Å²) in [5, 5.41) is 15.0. The highest BCUT2D eigenvalue weighted by Crippen LogP contribution is 2.38. The predicted octanol–water partition coefficient (Wildman–Crippen LogP) is 3.86. The Morgan fingerprint density at radius 1 is 1.23 bits per heavy atom. The summed E-state index contributed by atoms with van der Waals surface area (Å²) in [5.41, 5.74) is 0.968. The summed E-state index contributed by atoms with van der Waals surface area (Å²) in [5.74, 6) is 0.865. The molecule has 1 saturated carbocycles. The zero-order valence-electron chi connectivity index (χ0n) is 13.9. The highest BCUT2D eigenvalue weighted by atomic mass is 32.2. The molecule has 1 aliphatic rings. The highest BCUT2D eigenvalue weighted by molar-refractivity contribution is 8.01. The fraction of sp³-hybridized carbons (Fsp3) is 0.278. The molecule has 0 bridgehead atoms. The smallest absolute Gasteiger partial charge is 0.238 e. The molecule has 6 nitrogen and oxygen atoms in total. The number of benzene rings is 1. The number of nitrogens with zero attached hydrogens (tertiary/aromatic N) is 2. The minimum Gasteiger partial charge on any atom is -0.467 e. The van der Waals surface area contributed by atoms with Crippen LogP contribution in [-0.4, -0.2) is 22.1 Å². The van der Waals surface area contributed by atoms with Crippen LogP contribution in [0.2, 0.25) is 0 Å². The molecule has 3 aromatic rings. The fourth-order valence-electron chi connectivity index (χ4n) is 2.41. The zero-order valence-corrected chi connectivity index (χ0v) is 15.6. The van der Waals surface area contributed by atoms with E-state index < -0.39 is 0 Å². The molecule has 2 N–H and O–H groups in total. The quantitative estimate of drug-likeness (QED) is 0.572. The van der Waals surface area contributed by atoms with Crippen LogP contribution >= 0.6 is 23.1 Å². The lowest BCUT2D eigenvalue weighted by atomic mass is 10.1. The van der Waals surface area contributed by atoms with Crippen LogP contribution in [0.25, 0.3) is 0 Å². The van der Waals surface area contributed by atoms with Gasteiger partial charge in [-0.3, -0.25) is 4.79 Å². The molecule has 26 heavy (non-hydrogen) atoms. The Labute approximate surface area is 159 Å². The van der Waals surface area contributed by atoms with Gasteiger partial charge < -0.3 is 15.1 Å². The molecule has 1 amide bonds. The number of hydrogen-bond donors (Lipinski definition) is 2. The first-order chi connectivity index (χ1) is 12.8. The van der Waals surface area contributed by atoms with E-state index in [2.05, 4.69) is 20.8 Å². The highest BCUT2D eigenvalue weighted by Gasteiger charge is 2.29. The first-order valence-electron chi connectivity index (χ1n) is 8.39. The van der Waals surface area contributed by atoms with E-state index in [1.165, 1.54) is 23.1 Å². The molecule has 134 valence electrons. The topological polar surface area (TPSA) is 80.0 Å². The van der Waals surface area contributed by atoms with E-state index in [1.54, 1.807) is 6.26 Å². The van der Waals surface area contributed by atoms with Crippen molar-refractivity contribution in [3.05, 3.63) is 60.1 Å². The monoisotopic (exact) mass is 386 g/mol. The molecular formula is C18H18N4O2S2. The van der Waals surface area contributed by atoms with Crippen LogP contribution in [0.5, 0.6) is 0 Å². The van der Waals surface area contributed by atoms with Crippen molar-refractivity contribution in [2.75, 3.05) is 5.32 Å². The number of nitrogens with one attached hydrogen (secondary N) is 2. The largest absolute Gasteiger partial charge is 0.467 e. The molecule has 0 saturated heterocycles. The number of aromatic nitrogens is 2. The molecule has 1 fully saturated rings. The molecule has 0 spiro atoms. The first kappa shape index (κ1) is 17.1. The molecule has 0 unspecified atom stereocenters. The average molecular weight is 387 g/mol. The predicted molar refractivity (Wildman–Crippen MR) is 102 cm³/mol. The standard InChI is InChI=1S/C18H18N4O2S2/c23-16(20-13-8-9-13)15(12-5-2-1-3-6-12)25-18-22-21-17(26-18)19-11-14-7-4-10-24-14/h1-7,10,13,15H,8-9,11H2,(H,19,21)(H,20,23)/t15-/m1/s1. The molecule has 2 aromatic heterocycles. The Hall–Kier alpha value is -2.32. The molecule has 1 atom stereocenters. The lowest BCUT2D eigenvalue weighted by Crippen LogP contribution is -2.29. The number of thioether (sulfide) groups is 1. The lowest BCUT2D eigenvalue weighted by Gasteiger charge is -2.15. The molecule has 2 heterocycles. The SMILES string of the molecule is O=C(NC1CC1)[C@H](Sc1nnc(NCc2ccco2)s1)c1ccccc1. The van der Waals surface area contributed by atoms with E-state index in [0.717, 1.165) is 28.5 Å². The van der Waals surface area contributed by atoms with Gasteiger partial charge >= 0.3 is 0 Å². The Kier molecular flexibility index (Phi) is 5.21. The molecule has 4 rings (SSSR count). The number of carbonyl (C=O) groups is 1. The second-order valence-corrected chi connectivity index (χ2v) is 8.33. The van der Waals surface area contributed by atoms with Gasteiger partial charge in [-0.1, -0.05) is 53.4 Å². The minimum absolute atomic E-state index is 0.0315. The molecule has 0 radical (unpaired) electrons. The third-order valence-electron chi connectivity index (χ3n) is 3.88. The zero-order chi connectivity index (χ0) is 17.8. The van der Waals surface area contributed by atoms with Gasteiger partial charge in [0.05, 0.1) is 12.8 Å². The number of furan rings is 1. The van der Waals surface area contributed by atoms with Gasteiger partial charge in [0, 0.05) is 6.04 Å². The third kappa shape index (κ3) is 4.44. The summed E-state index contributed by atoms with van der Waals surface area (Å²) in [6.45, 7) is 0.552. The lowest BCUT2D eigenvalue weighted by molar-refractivity contribution is -0.120. The number of hydrogen-bond acceptors (Lipinski definition) is 7. The van der Waals surface area contributed by atoms with E-state index >= 15 is 0 Å². The summed E-state index contributed by atoms with van der Waals surface area (Å²) < 4.78 is 6.05. The second-order valence-electron chi connectivity index (χ2n) is 6.00. The molecule has 0 aliphatic heterocycles. The van der Waals surface area contributed by atoms with E-state index in [0.29, 0.717) is 17.7 Å². The van der Waals surface area contributed by atoms with Crippen molar-refractivity contribution >= 4 is 34.1 Å². The second kappa shape index (κ2) is 7.92. The van der Waals surface area contributed by atoms with Crippen molar-refractivity contribution in [2.45, 2.75) is 35.0 Å². The van der Waals surface area contributed by atoms with Crippen LogP contribution in [0.3, 0.4) is 0 Å². The van der Waals surface area contributed by atoms with E-state index in [1.807, 2.05) is 42.5 Å². The Morgan fingerprint density at radius 3 is 2.81 bits per heavy atom. The number of rotatable bonds is 8. The first-order valence-corrected chi connectivity index (χ1v) is 10.1. The van der Waals surface area contributed by atoms with Gasteiger partial charge in [0.15, 0.2) is 4.34 Å². The van der Waals surface area contributed by atoms with Gasteiger partial charge in [0.25, 0.3) is 0 Å². The summed E-state index contributed by atoms with van der Waals surface area (Å²) >= 11 is 2.87. The van der Waals surface area contributed by atoms with Crippen molar-refractivity contribution in [2.24, 2.45) is 0 Å². The average Bonchev–Trinajstić information content (AvgIpc) is 3.14. The van der Waals surface area contributed by atoms with Crippen molar-refractivity contribution < 1.29 is 9.21 Å². The van der Waals surface area contributed by atoms with Crippen molar-refractivity contribution in [3.8, 4) is 0 Å². The number of carbonyl (C=O) groups excluding carboxylic acids is 1. The summed E-state index contributed by atoms with van der Waals surface area (Å²) in [6, 6.07) is 13.9. The van der Waals surface area contributed by atoms with Crippen LogP contribution < -0.4 is 10.6 Å². The number of anilines is 1. The third-order valence-corrected chi connectivity index (χ3v) is 6.10. The van der Waals surface area contributed by atoms with Crippen LogP contribution in [0.15, 0.2) is 57.5 Å². The summed E-state index contributed by atoms with van der Waals surface area (Å²) in [7, 11) is 0. The van der Waals surface area contributed by atoms with Gasteiger partial charge in [0.1, 0.15) is 11.0 Å². The van der Waals surface area contributed by atoms with E-state index in [-0.39, 0.29) is 11.2 Å². The molecule has 1 aromatic carbocycles. The normalized spacial score (nSPS) is 14.8.